The Bertz CT molecular complexity index is 2590. The maximum absolute atomic E-state index is 2.33. The summed E-state index contributed by atoms with van der Waals surface area (Å²) in [6, 6.07) is 68.9. The van der Waals surface area contributed by atoms with Crippen LogP contribution < -0.4 is 9.13 Å². The Morgan fingerprint density at radius 2 is 0.700 bits per heavy atom. The maximum atomic E-state index is 2.33. The fourth-order valence-electron chi connectivity index (χ4n) is 7.18. The fourth-order valence-corrected chi connectivity index (χ4v) is 7.18. The lowest BCUT2D eigenvalue weighted by Gasteiger charge is -2.12. The number of aromatic nitrogens is 2. The molecule has 9 rings (SSSR count). The van der Waals surface area contributed by atoms with Crippen LogP contribution in [0.4, 0.5) is 0 Å². The molecule has 0 aliphatic carbocycles. The molecular formula is C48H38N2+2. The third-order valence-electron chi connectivity index (χ3n) is 9.70. The van der Waals surface area contributed by atoms with Crippen LogP contribution in [0.2, 0.25) is 0 Å². The number of pyridine rings is 2. The molecule has 2 heteroatoms. The van der Waals surface area contributed by atoms with E-state index in [1.807, 2.05) is 0 Å². The van der Waals surface area contributed by atoms with Crippen LogP contribution in [0.3, 0.4) is 0 Å². The van der Waals surface area contributed by atoms with Crippen LogP contribution in [0.1, 0.15) is 0 Å². The summed E-state index contributed by atoms with van der Waals surface area (Å²) in [6.07, 6.45) is 0. The smallest absolute Gasteiger partial charge is 0.194 e. The van der Waals surface area contributed by atoms with E-state index in [0.29, 0.717) is 0 Å². The number of benzene rings is 7. The number of aryl methyl sites for hydroxylation is 2. The summed E-state index contributed by atoms with van der Waals surface area (Å²) in [7, 11) is 4.29. The number of hydrogen-bond acceptors (Lipinski definition) is 0. The number of para-hydroxylation sites is 2. The van der Waals surface area contributed by atoms with Gasteiger partial charge in [-0.3, -0.25) is 0 Å². The molecule has 0 saturated heterocycles. The predicted octanol–water partition coefficient (Wildman–Crippen LogP) is 11.1. The fraction of sp³-hybridized carbons (Fsp3) is 0.0417. The lowest BCUT2D eigenvalue weighted by Crippen LogP contribution is -2.32. The molecule has 238 valence electrons. The van der Waals surface area contributed by atoms with Crippen LogP contribution in [-0.4, -0.2) is 0 Å². The van der Waals surface area contributed by atoms with Gasteiger partial charge in [-0.1, -0.05) is 133 Å². The first-order chi connectivity index (χ1) is 24.7. The highest BCUT2D eigenvalue weighted by Crippen LogP contribution is 2.35. The van der Waals surface area contributed by atoms with E-state index in [1.54, 1.807) is 0 Å². The van der Waals surface area contributed by atoms with Crippen molar-refractivity contribution >= 4 is 32.6 Å². The summed E-state index contributed by atoms with van der Waals surface area (Å²) in [6.45, 7) is 0. The molecule has 0 fully saturated rings. The van der Waals surface area contributed by atoms with Crippen LogP contribution in [-0.2, 0) is 14.1 Å². The summed E-state index contributed by atoms with van der Waals surface area (Å²) < 4.78 is 4.57. The van der Waals surface area contributed by atoms with Gasteiger partial charge in [0.25, 0.3) is 0 Å². The first-order valence-electron chi connectivity index (χ1n) is 17.2. The van der Waals surface area contributed by atoms with Crippen molar-refractivity contribution in [2.45, 2.75) is 0 Å². The van der Waals surface area contributed by atoms with E-state index in [4.69, 9.17) is 0 Å². The van der Waals surface area contributed by atoms with Crippen molar-refractivity contribution < 1.29 is 9.13 Å². The molecule has 0 unspecified atom stereocenters. The van der Waals surface area contributed by atoms with Crippen LogP contribution in [0.25, 0.3) is 77.3 Å². The predicted molar refractivity (Wildman–Crippen MR) is 209 cm³/mol. The zero-order valence-corrected chi connectivity index (χ0v) is 28.4. The average Bonchev–Trinajstić information content (AvgIpc) is 3.19. The number of nitrogens with zero attached hydrogens (tertiary/aromatic N) is 2. The standard InChI is InChI=1S/C26H20N.C22H18N/c1-27-25-17-8-7-15-23(25)24(18-26(27)20-11-3-2-4-12-20)22-16-9-13-19-10-5-6-14-21(19)22;1-23-21-15-9-8-14-19(21)20(17-10-4-2-5-11-17)16-22(23)18-12-6-3-7-13-18/h2-18H,1H3;2-16H,1H3/q2*+1. The third-order valence-corrected chi connectivity index (χ3v) is 9.70. The van der Waals surface area contributed by atoms with E-state index >= 15 is 0 Å². The third kappa shape index (κ3) is 5.82. The Kier molecular flexibility index (Phi) is 8.42. The first kappa shape index (κ1) is 30.9. The minimum absolute atomic E-state index is 1.22. The minimum atomic E-state index is 1.22. The van der Waals surface area contributed by atoms with Gasteiger partial charge in [0, 0.05) is 46.5 Å². The van der Waals surface area contributed by atoms with Crippen LogP contribution in [0.15, 0.2) is 194 Å². The molecule has 7 aromatic carbocycles. The molecule has 0 aliphatic rings. The molecule has 0 atom stereocenters. The van der Waals surface area contributed by atoms with Gasteiger partial charge in [-0.15, -0.1) is 0 Å². The van der Waals surface area contributed by atoms with Crippen molar-refractivity contribution in [3.63, 3.8) is 0 Å². The summed E-state index contributed by atoms with van der Waals surface area (Å²) in [5.74, 6) is 0. The van der Waals surface area contributed by atoms with E-state index in [9.17, 15) is 0 Å². The molecular weight excluding hydrogens is 605 g/mol. The second kappa shape index (κ2) is 13.6. The molecule has 2 nitrogen and oxygen atoms in total. The molecule has 0 amide bonds. The maximum Gasteiger partial charge on any atom is 0.213 e. The molecule has 0 aliphatic heterocycles. The molecule has 50 heavy (non-hydrogen) atoms. The largest absolute Gasteiger partial charge is 0.213 e. The van der Waals surface area contributed by atoms with Gasteiger partial charge in [0.15, 0.2) is 0 Å². The van der Waals surface area contributed by atoms with Gasteiger partial charge < -0.3 is 0 Å². The van der Waals surface area contributed by atoms with Crippen molar-refractivity contribution in [1.29, 1.82) is 0 Å². The lowest BCUT2D eigenvalue weighted by molar-refractivity contribution is -0.633. The quantitative estimate of drug-likeness (QED) is 0.169. The molecule has 0 bridgehead atoms. The Hall–Kier alpha value is -6.38. The van der Waals surface area contributed by atoms with Crippen LogP contribution >= 0.6 is 0 Å². The summed E-state index contributed by atoms with van der Waals surface area (Å²) in [5, 5.41) is 5.11. The lowest BCUT2D eigenvalue weighted by atomic mass is 9.94. The van der Waals surface area contributed by atoms with Crippen molar-refractivity contribution in [3.05, 3.63) is 194 Å². The molecule has 2 heterocycles. The van der Waals surface area contributed by atoms with Gasteiger partial charge in [0.1, 0.15) is 14.1 Å². The Morgan fingerprint density at radius 1 is 0.300 bits per heavy atom. The van der Waals surface area contributed by atoms with E-state index in [-0.39, 0.29) is 0 Å². The highest BCUT2D eigenvalue weighted by atomic mass is 14.9. The molecule has 0 saturated carbocycles. The Morgan fingerprint density at radius 3 is 1.26 bits per heavy atom. The summed E-state index contributed by atoms with van der Waals surface area (Å²) >= 11 is 0. The van der Waals surface area contributed by atoms with Gasteiger partial charge in [0.05, 0.1) is 10.8 Å². The SMILES string of the molecule is C[n+]1c(-c2ccccc2)cc(-c2cccc3ccccc23)c2ccccc21.C[n+]1c(-c2ccccc2)cc(-c2ccccc2)c2ccccc21. The second-order valence-corrected chi connectivity index (χ2v) is 12.7. The van der Waals surface area contributed by atoms with Crippen molar-refractivity contribution in [3.8, 4) is 44.8 Å². The monoisotopic (exact) mass is 642 g/mol. The summed E-state index contributed by atoms with van der Waals surface area (Å²) in [5.41, 5.74) is 12.5. The van der Waals surface area contributed by atoms with Crippen molar-refractivity contribution in [2.75, 3.05) is 0 Å². The zero-order chi connectivity index (χ0) is 33.9. The van der Waals surface area contributed by atoms with Crippen molar-refractivity contribution in [1.82, 2.24) is 0 Å². The van der Waals surface area contributed by atoms with Gasteiger partial charge in [-0.2, -0.15) is 9.13 Å². The molecule has 9 aromatic rings. The van der Waals surface area contributed by atoms with Gasteiger partial charge >= 0.3 is 0 Å². The number of rotatable bonds is 4. The van der Waals surface area contributed by atoms with E-state index in [1.165, 1.54) is 77.3 Å². The van der Waals surface area contributed by atoms with E-state index in [0.717, 1.165) is 0 Å². The first-order valence-corrected chi connectivity index (χ1v) is 17.2. The normalized spacial score (nSPS) is 11.0. The van der Waals surface area contributed by atoms with Crippen LogP contribution in [0, 0.1) is 0 Å². The second-order valence-electron chi connectivity index (χ2n) is 12.7. The topological polar surface area (TPSA) is 7.76 Å². The Labute approximate surface area is 293 Å². The summed E-state index contributed by atoms with van der Waals surface area (Å²) in [4.78, 5) is 0. The van der Waals surface area contributed by atoms with Gasteiger partial charge in [-0.05, 0) is 58.3 Å². The van der Waals surface area contributed by atoms with Crippen LogP contribution in [0.5, 0.6) is 0 Å². The number of fused-ring (bicyclic) bond motifs is 3. The molecule has 2 aromatic heterocycles. The van der Waals surface area contributed by atoms with E-state index in [2.05, 4.69) is 217 Å². The highest BCUT2D eigenvalue weighted by molar-refractivity contribution is 6.04. The van der Waals surface area contributed by atoms with Crippen molar-refractivity contribution in [2.24, 2.45) is 14.1 Å². The average molecular weight is 643 g/mol. The zero-order valence-electron chi connectivity index (χ0n) is 28.4. The van der Waals surface area contributed by atoms with E-state index < -0.39 is 0 Å². The Balaban J connectivity index is 0.000000146. The molecule has 0 spiro atoms. The van der Waals surface area contributed by atoms with Gasteiger partial charge in [-0.25, -0.2) is 0 Å². The highest BCUT2D eigenvalue weighted by Gasteiger charge is 2.20. The van der Waals surface area contributed by atoms with Gasteiger partial charge in [0.2, 0.25) is 22.4 Å². The molecule has 0 radical (unpaired) electrons. The minimum Gasteiger partial charge on any atom is -0.194 e. The number of hydrogen-bond donors (Lipinski definition) is 0. The molecule has 0 N–H and O–H groups in total.